The van der Waals surface area contributed by atoms with E-state index in [4.69, 9.17) is 0 Å². The molecule has 2 nitrogen and oxygen atoms in total. The fraction of sp³-hybridized carbons (Fsp3) is 0.600. The topological polar surface area (TPSA) is 24.1 Å². The summed E-state index contributed by atoms with van der Waals surface area (Å²) >= 11 is 0. The molecule has 2 N–H and O–H groups in total. The minimum Gasteiger partial charge on any atom is -0.319 e. The summed E-state index contributed by atoms with van der Waals surface area (Å²) in [4.78, 5) is 0. The molecule has 1 aromatic carbocycles. The molecular formula is C15H24N2. The molecule has 1 aromatic rings. The third-order valence-corrected chi connectivity index (χ3v) is 4.07. The third kappa shape index (κ3) is 2.38. The highest BCUT2D eigenvalue weighted by Crippen LogP contribution is 2.54. The van der Waals surface area contributed by atoms with Gasteiger partial charge in [-0.1, -0.05) is 23.8 Å². The predicted octanol–water partition coefficient (Wildman–Crippen LogP) is 2.56. The molecule has 0 aliphatic heterocycles. The highest BCUT2D eigenvalue weighted by atomic mass is 15.0. The van der Waals surface area contributed by atoms with E-state index in [0.29, 0.717) is 11.5 Å². The van der Waals surface area contributed by atoms with Gasteiger partial charge in [-0.2, -0.15) is 0 Å². The van der Waals surface area contributed by atoms with E-state index in [1.165, 1.54) is 29.5 Å². The Morgan fingerprint density at radius 2 is 1.94 bits per heavy atom. The van der Waals surface area contributed by atoms with Crippen LogP contribution < -0.4 is 10.6 Å². The molecule has 0 spiro atoms. The Morgan fingerprint density at radius 3 is 2.47 bits per heavy atom. The maximum absolute atomic E-state index is 3.53. The third-order valence-electron chi connectivity index (χ3n) is 4.07. The van der Waals surface area contributed by atoms with Crippen molar-refractivity contribution in [1.29, 1.82) is 0 Å². The van der Waals surface area contributed by atoms with Crippen molar-refractivity contribution in [2.24, 2.45) is 5.41 Å². The van der Waals surface area contributed by atoms with Crippen molar-refractivity contribution >= 4 is 0 Å². The van der Waals surface area contributed by atoms with Gasteiger partial charge in [-0.3, -0.25) is 0 Å². The number of aryl methyl sites for hydroxylation is 2. The van der Waals surface area contributed by atoms with E-state index < -0.39 is 0 Å². The van der Waals surface area contributed by atoms with Gasteiger partial charge in [0.25, 0.3) is 0 Å². The first-order valence-corrected chi connectivity index (χ1v) is 6.52. The van der Waals surface area contributed by atoms with Crippen LogP contribution in [0.15, 0.2) is 18.2 Å². The SMILES string of the molecule is CNCC1(C(NC)c2cc(C)ccc2C)CC1. The zero-order valence-corrected chi connectivity index (χ0v) is 11.4. The molecular weight excluding hydrogens is 208 g/mol. The summed E-state index contributed by atoms with van der Waals surface area (Å²) in [6.07, 6.45) is 2.65. The monoisotopic (exact) mass is 232 g/mol. The summed E-state index contributed by atoms with van der Waals surface area (Å²) in [6.45, 7) is 5.49. The van der Waals surface area contributed by atoms with Gasteiger partial charge < -0.3 is 10.6 Å². The smallest absolute Gasteiger partial charge is 0.0389 e. The molecule has 0 saturated heterocycles. The molecule has 0 radical (unpaired) electrons. The molecule has 0 aromatic heterocycles. The molecule has 1 atom stereocenters. The number of benzene rings is 1. The van der Waals surface area contributed by atoms with Gasteiger partial charge in [-0.15, -0.1) is 0 Å². The van der Waals surface area contributed by atoms with Crippen LogP contribution >= 0.6 is 0 Å². The van der Waals surface area contributed by atoms with Crippen LogP contribution in [-0.2, 0) is 0 Å². The molecule has 0 bridgehead atoms. The van der Waals surface area contributed by atoms with Gasteiger partial charge in [-0.05, 0) is 51.9 Å². The lowest BCUT2D eigenvalue weighted by Crippen LogP contribution is -2.34. The zero-order chi connectivity index (χ0) is 12.5. The number of hydrogen-bond acceptors (Lipinski definition) is 2. The molecule has 94 valence electrons. The molecule has 1 aliphatic carbocycles. The molecule has 0 heterocycles. The number of nitrogens with one attached hydrogen (secondary N) is 2. The number of hydrogen-bond donors (Lipinski definition) is 2. The summed E-state index contributed by atoms with van der Waals surface area (Å²) < 4.78 is 0. The standard InChI is InChI=1S/C15H24N2/c1-11-5-6-12(2)13(9-11)14(17-4)15(7-8-15)10-16-3/h5-6,9,14,16-17H,7-8,10H2,1-4H3. The van der Waals surface area contributed by atoms with Crippen LogP contribution in [0.5, 0.6) is 0 Å². The van der Waals surface area contributed by atoms with Crippen molar-refractivity contribution in [2.45, 2.75) is 32.7 Å². The maximum Gasteiger partial charge on any atom is 0.0389 e. The Labute approximate surface area is 105 Å². The molecule has 0 amide bonds. The first-order chi connectivity index (χ1) is 8.13. The Hall–Kier alpha value is -0.860. The second kappa shape index (κ2) is 4.79. The van der Waals surface area contributed by atoms with E-state index >= 15 is 0 Å². The first kappa shape index (κ1) is 12.6. The van der Waals surface area contributed by atoms with Crippen LogP contribution in [0.1, 0.15) is 35.6 Å². The largest absolute Gasteiger partial charge is 0.319 e. The Bertz CT molecular complexity index is 394. The molecule has 17 heavy (non-hydrogen) atoms. The van der Waals surface area contributed by atoms with E-state index in [1.807, 2.05) is 0 Å². The Morgan fingerprint density at radius 1 is 1.24 bits per heavy atom. The average molecular weight is 232 g/mol. The van der Waals surface area contributed by atoms with Crippen molar-refractivity contribution in [3.05, 3.63) is 34.9 Å². The second-order valence-electron chi connectivity index (χ2n) is 5.47. The van der Waals surface area contributed by atoms with Crippen LogP contribution in [0.25, 0.3) is 0 Å². The lowest BCUT2D eigenvalue weighted by atomic mass is 9.87. The quantitative estimate of drug-likeness (QED) is 0.815. The molecule has 1 saturated carbocycles. The van der Waals surface area contributed by atoms with Crippen LogP contribution in [0.3, 0.4) is 0 Å². The van der Waals surface area contributed by atoms with Crippen molar-refractivity contribution in [3.63, 3.8) is 0 Å². The Balaban J connectivity index is 2.32. The lowest BCUT2D eigenvalue weighted by Gasteiger charge is -2.28. The lowest BCUT2D eigenvalue weighted by molar-refractivity contribution is 0.345. The van der Waals surface area contributed by atoms with E-state index in [1.54, 1.807) is 0 Å². The van der Waals surface area contributed by atoms with Gasteiger partial charge in [0.2, 0.25) is 0 Å². The molecule has 1 fully saturated rings. The van der Waals surface area contributed by atoms with Crippen LogP contribution in [-0.4, -0.2) is 20.6 Å². The molecule has 1 aliphatic rings. The summed E-state index contributed by atoms with van der Waals surface area (Å²) in [5, 5.41) is 6.88. The average Bonchev–Trinajstić information content (AvgIpc) is 3.05. The van der Waals surface area contributed by atoms with Crippen LogP contribution in [0.2, 0.25) is 0 Å². The minimum absolute atomic E-state index is 0.433. The highest BCUT2D eigenvalue weighted by Gasteiger charge is 2.49. The number of rotatable bonds is 5. The van der Waals surface area contributed by atoms with Gasteiger partial charge in [0.05, 0.1) is 0 Å². The van der Waals surface area contributed by atoms with Crippen LogP contribution in [0.4, 0.5) is 0 Å². The van der Waals surface area contributed by atoms with Gasteiger partial charge in [0, 0.05) is 18.0 Å². The van der Waals surface area contributed by atoms with E-state index in [0.717, 1.165) is 6.54 Å². The van der Waals surface area contributed by atoms with Gasteiger partial charge in [-0.25, -0.2) is 0 Å². The van der Waals surface area contributed by atoms with Gasteiger partial charge in [0.15, 0.2) is 0 Å². The predicted molar refractivity (Wildman–Crippen MR) is 73.3 cm³/mol. The molecule has 2 heteroatoms. The summed E-state index contributed by atoms with van der Waals surface area (Å²) in [5.74, 6) is 0. The molecule has 1 unspecified atom stereocenters. The van der Waals surface area contributed by atoms with Crippen LogP contribution in [0, 0.1) is 19.3 Å². The van der Waals surface area contributed by atoms with E-state index in [-0.39, 0.29) is 0 Å². The van der Waals surface area contributed by atoms with E-state index in [2.05, 4.69) is 56.8 Å². The minimum atomic E-state index is 0.433. The fourth-order valence-electron chi connectivity index (χ4n) is 2.94. The fourth-order valence-corrected chi connectivity index (χ4v) is 2.94. The van der Waals surface area contributed by atoms with E-state index in [9.17, 15) is 0 Å². The summed E-state index contributed by atoms with van der Waals surface area (Å²) in [7, 11) is 4.14. The molecule has 2 rings (SSSR count). The van der Waals surface area contributed by atoms with Gasteiger partial charge >= 0.3 is 0 Å². The van der Waals surface area contributed by atoms with Crippen molar-refractivity contribution < 1.29 is 0 Å². The zero-order valence-electron chi connectivity index (χ0n) is 11.4. The normalized spacial score (nSPS) is 19.1. The Kier molecular flexibility index (Phi) is 3.55. The summed E-state index contributed by atoms with van der Waals surface area (Å²) in [6, 6.07) is 7.26. The van der Waals surface area contributed by atoms with Crippen molar-refractivity contribution in [1.82, 2.24) is 10.6 Å². The second-order valence-corrected chi connectivity index (χ2v) is 5.47. The van der Waals surface area contributed by atoms with Crippen molar-refractivity contribution in [2.75, 3.05) is 20.6 Å². The van der Waals surface area contributed by atoms with Gasteiger partial charge in [0.1, 0.15) is 0 Å². The first-order valence-electron chi connectivity index (χ1n) is 6.52. The van der Waals surface area contributed by atoms with Crippen molar-refractivity contribution in [3.8, 4) is 0 Å². The highest BCUT2D eigenvalue weighted by molar-refractivity contribution is 5.35. The summed E-state index contributed by atoms with van der Waals surface area (Å²) in [5.41, 5.74) is 4.66. The maximum atomic E-state index is 3.53.